The van der Waals surface area contributed by atoms with Gasteiger partial charge in [0.2, 0.25) is 0 Å². The third-order valence-electron chi connectivity index (χ3n) is 5.68. The predicted molar refractivity (Wildman–Crippen MR) is 104 cm³/mol. The number of carbonyl (C=O) groups is 1. The molecule has 8 heteroatoms. The second-order valence-electron chi connectivity index (χ2n) is 7.53. The fourth-order valence-corrected chi connectivity index (χ4v) is 4.23. The van der Waals surface area contributed by atoms with Gasteiger partial charge in [0.25, 0.3) is 5.91 Å². The number of likely N-dealkylation sites (tertiary alicyclic amines) is 1. The van der Waals surface area contributed by atoms with Gasteiger partial charge in [-0.2, -0.15) is 0 Å². The molecule has 2 aliphatic heterocycles. The van der Waals surface area contributed by atoms with Gasteiger partial charge in [0.15, 0.2) is 5.65 Å². The van der Waals surface area contributed by atoms with Crippen LogP contribution < -0.4 is 4.90 Å². The summed E-state index contributed by atoms with van der Waals surface area (Å²) >= 11 is 0. The molecule has 144 valence electrons. The predicted octanol–water partition coefficient (Wildman–Crippen LogP) is 2.14. The summed E-state index contributed by atoms with van der Waals surface area (Å²) in [4.78, 5) is 25.7. The Morgan fingerprint density at radius 3 is 2.82 bits per heavy atom. The van der Waals surface area contributed by atoms with E-state index in [1.165, 1.54) is 0 Å². The van der Waals surface area contributed by atoms with Gasteiger partial charge in [0, 0.05) is 38.3 Å². The van der Waals surface area contributed by atoms with Crippen LogP contribution in [-0.2, 0) is 0 Å². The van der Waals surface area contributed by atoms with E-state index < -0.39 is 0 Å². The van der Waals surface area contributed by atoms with E-state index in [2.05, 4.69) is 29.5 Å². The average Bonchev–Trinajstić information content (AvgIpc) is 3.44. The summed E-state index contributed by atoms with van der Waals surface area (Å²) in [5, 5.41) is 8.72. The number of piperidine rings is 1. The molecule has 2 aliphatic rings. The van der Waals surface area contributed by atoms with Gasteiger partial charge in [0.1, 0.15) is 17.3 Å². The van der Waals surface area contributed by atoms with Crippen LogP contribution in [0.3, 0.4) is 0 Å². The number of pyridine rings is 1. The van der Waals surface area contributed by atoms with Gasteiger partial charge in [-0.3, -0.25) is 14.2 Å². The first kappa shape index (κ1) is 17.1. The van der Waals surface area contributed by atoms with Crippen LogP contribution in [0.1, 0.15) is 47.9 Å². The lowest BCUT2D eigenvalue weighted by Gasteiger charge is -2.32. The molecule has 5 rings (SSSR count). The van der Waals surface area contributed by atoms with Gasteiger partial charge in [-0.1, -0.05) is 6.07 Å². The molecule has 0 spiro atoms. The van der Waals surface area contributed by atoms with Crippen molar-refractivity contribution in [2.24, 2.45) is 0 Å². The first-order valence-electron chi connectivity index (χ1n) is 9.95. The highest BCUT2D eigenvalue weighted by Crippen LogP contribution is 2.28. The number of hydrogen-bond acceptors (Lipinski definition) is 6. The Morgan fingerprint density at radius 2 is 1.93 bits per heavy atom. The van der Waals surface area contributed by atoms with Crippen LogP contribution in [0.15, 0.2) is 36.8 Å². The maximum Gasteiger partial charge on any atom is 0.274 e. The minimum absolute atomic E-state index is 0.0103. The van der Waals surface area contributed by atoms with Gasteiger partial charge in [-0.25, -0.2) is 4.98 Å². The summed E-state index contributed by atoms with van der Waals surface area (Å²) in [6, 6.07) is 5.94. The van der Waals surface area contributed by atoms with Gasteiger partial charge < -0.3 is 9.80 Å². The average molecular weight is 377 g/mol. The van der Waals surface area contributed by atoms with E-state index in [1.807, 2.05) is 29.3 Å². The Balaban J connectivity index is 1.38. The molecule has 5 heterocycles. The molecule has 28 heavy (non-hydrogen) atoms. The largest absolute Gasteiger partial charge is 0.355 e. The molecule has 0 aromatic carbocycles. The number of aromatic nitrogens is 5. The van der Waals surface area contributed by atoms with Crippen LogP contribution in [0.25, 0.3) is 5.65 Å². The van der Waals surface area contributed by atoms with Crippen molar-refractivity contribution in [1.29, 1.82) is 0 Å². The molecular weight excluding hydrogens is 354 g/mol. The first-order valence-corrected chi connectivity index (χ1v) is 9.95. The van der Waals surface area contributed by atoms with Crippen LogP contribution >= 0.6 is 0 Å². The normalized spacial score (nSPS) is 20.1. The van der Waals surface area contributed by atoms with Crippen molar-refractivity contribution in [3.8, 4) is 0 Å². The van der Waals surface area contributed by atoms with Crippen LogP contribution in [-0.4, -0.2) is 61.6 Å². The summed E-state index contributed by atoms with van der Waals surface area (Å²) in [6.45, 7) is 3.34. The second-order valence-corrected chi connectivity index (χ2v) is 7.53. The Labute approximate surface area is 163 Å². The van der Waals surface area contributed by atoms with E-state index in [1.54, 1.807) is 12.4 Å². The molecule has 8 nitrogen and oxygen atoms in total. The van der Waals surface area contributed by atoms with Gasteiger partial charge in [-0.15, -0.1) is 10.2 Å². The van der Waals surface area contributed by atoms with Crippen LogP contribution in [0.5, 0.6) is 0 Å². The number of fused-ring (bicyclic) bond motifs is 1. The lowest BCUT2D eigenvalue weighted by Crippen LogP contribution is -2.36. The van der Waals surface area contributed by atoms with Crippen molar-refractivity contribution in [2.45, 2.75) is 31.6 Å². The van der Waals surface area contributed by atoms with E-state index >= 15 is 0 Å². The minimum Gasteiger partial charge on any atom is -0.355 e. The molecule has 3 aromatic heterocycles. The highest BCUT2D eigenvalue weighted by molar-refractivity contribution is 5.92. The van der Waals surface area contributed by atoms with Crippen molar-refractivity contribution >= 4 is 17.4 Å². The van der Waals surface area contributed by atoms with Crippen molar-refractivity contribution in [2.75, 3.05) is 31.1 Å². The molecule has 0 bridgehead atoms. The van der Waals surface area contributed by atoms with Crippen molar-refractivity contribution < 1.29 is 4.79 Å². The Bertz CT molecular complexity index is 995. The molecule has 1 atom stereocenters. The lowest BCUT2D eigenvalue weighted by molar-refractivity contribution is 0.0786. The maximum atomic E-state index is 12.7. The number of anilines is 1. The molecule has 3 aromatic rings. The molecular formula is C20H23N7O. The minimum atomic E-state index is -0.0103. The molecule has 2 fully saturated rings. The van der Waals surface area contributed by atoms with Gasteiger partial charge >= 0.3 is 0 Å². The number of rotatable bonds is 3. The molecule has 2 saturated heterocycles. The second kappa shape index (κ2) is 7.18. The third-order valence-corrected chi connectivity index (χ3v) is 5.68. The highest BCUT2D eigenvalue weighted by atomic mass is 16.2. The third kappa shape index (κ3) is 3.08. The smallest absolute Gasteiger partial charge is 0.274 e. The van der Waals surface area contributed by atoms with Crippen LogP contribution in [0, 0.1) is 0 Å². The quantitative estimate of drug-likeness (QED) is 0.696. The fraction of sp³-hybridized carbons (Fsp3) is 0.450. The standard InChI is InChI=1S/C20H23N7O/c28-20(25-8-3-4-9-25)16-12-21-13-18(22-16)26-10-5-6-15(14-26)19-24-23-17-7-1-2-11-27(17)19/h1-2,7,11-13,15H,3-6,8-10,14H2. The number of amides is 1. The number of carbonyl (C=O) groups excluding carboxylic acids is 1. The van der Waals surface area contributed by atoms with E-state index in [9.17, 15) is 4.79 Å². The van der Waals surface area contributed by atoms with Gasteiger partial charge in [-0.05, 0) is 37.8 Å². The number of nitrogens with zero attached hydrogens (tertiary/aromatic N) is 7. The lowest BCUT2D eigenvalue weighted by atomic mass is 9.97. The van der Waals surface area contributed by atoms with E-state index in [0.29, 0.717) is 5.69 Å². The zero-order valence-corrected chi connectivity index (χ0v) is 15.7. The molecule has 0 saturated carbocycles. The van der Waals surface area contributed by atoms with Crippen molar-refractivity contribution in [1.82, 2.24) is 29.5 Å². The Hall–Kier alpha value is -3.03. The monoisotopic (exact) mass is 377 g/mol. The zero-order valence-electron chi connectivity index (χ0n) is 15.7. The van der Waals surface area contributed by atoms with E-state index in [-0.39, 0.29) is 11.8 Å². The van der Waals surface area contributed by atoms with E-state index in [0.717, 1.165) is 69.2 Å². The summed E-state index contributed by atoms with van der Waals surface area (Å²) in [5.74, 6) is 2.01. The van der Waals surface area contributed by atoms with Crippen LogP contribution in [0.2, 0.25) is 0 Å². The summed E-state index contributed by atoms with van der Waals surface area (Å²) in [6.07, 6.45) is 9.59. The molecule has 0 N–H and O–H groups in total. The maximum absolute atomic E-state index is 12.7. The topological polar surface area (TPSA) is 79.5 Å². The zero-order chi connectivity index (χ0) is 18.9. The van der Waals surface area contributed by atoms with Gasteiger partial charge in [0.05, 0.1) is 12.4 Å². The molecule has 0 radical (unpaired) electrons. The molecule has 0 aliphatic carbocycles. The first-order chi connectivity index (χ1) is 13.8. The molecule has 1 amide bonds. The Morgan fingerprint density at radius 1 is 1.04 bits per heavy atom. The molecule has 1 unspecified atom stereocenters. The van der Waals surface area contributed by atoms with E-state index in [4.69, 9.17) is 0 Å². The Kier molecular flexibility index (Phi) is 4.38. The van der Waals surface area contributed by atoms with Crippen molar-refractivity contribution in [3.63, 3.8) is 0 Å². The summed E-state index contributed by atoms with van der Waals surface area (Å²) in [7, 11) is 0. The van der Waals surface area contributed by atoms with Crippen molar-refractivity contribution in [3.05, 3.63) is 48.3 Å². The van der Waals surface area contributed by atoms with Crippen LogP contribution in [0.4, 0.5) is 5.82 Å². The summed E-state index contributed by atoms with van der Waals surface area (Å²) < 4.78 is 2.06. The summed E-state index contributed by atoms with van der Waals surface area (Å²) in [5.41, 5.74) is 1.31. The number of hydrogen-bond donors (Lipinski definition) is 0. The SMILES string of the molecule is O=C(c1cncc(N2CCCC(c3nnc4ccccn34)C2)n1)N1CCCC1. The fourth-order valence-electron chi connectivity index (χ4n) is 4.23. The highest BCUT2D eigenvalue weighted by Gasteiger charge is 2.27.